The molecule has 2 heterocycles. The second kappa shape index (κ2) is 6.10. The Bertz CT molecular complexity index is 946. The predicted molar refractivity (Wildman–Crippen MR) is 87.1 cm³/mol. The Hall–Kier alpha value is -3.14. The zero-order valence-corrected chi connectivity index (χ0v) is 11.7. The number of benzene rings is 2. The van der Waals surface area contributed by atoms with E-state index in [1.165, 1.54) is 12.1 Å². The van der Waals surface area contributed by atoms with Crippen molar-refractivity contribution in [3.63, 3.8) is 0 Å². The third kappa shape index (κ3) is 3.12. The minimum atomic E-state index is -0.302. The van der Waals surface area contributed by atoms with E-state index in [9.17, 15) is 9.59 Å². The SMILES string of the molecule is O=c1ccc2ccccc2[nH]1.O=c1ccc2ccccc2o1. The highest BCUT2D eigenvalue weighted by Crippen LogP contribution is 2.09. The fourth-order valence-corrected chi connectivity index (χ4v) is 2.11. The molecule has 0 saturated heterocycles. The van der Waals surface area contributed by atoms with Gasteiger partial charge in [0.2, 0.25) is 5.56 Å². The van der Waals surface area contributed by atoms with E-state index < -0.39 is 0 Å². The molecule has 0 amide bonds. The van der Waals surface area contributed by atoms with Crippen LogP contribution in [0.2, 0.25) is 0 Å². The Morgan fingerprint density at radius 2 is 1.36 bits per heavy atom. The van der Waals surface area contributed by atoms with Gasteiger partial charge in [-0.3, -0.25) is 4.79 Å². The van der Waals surface area contributed by atoms with E-state index in [-0.39, 0.29) is 11.2 Å². The zero-order valence-electron chi connectivity index (χ0n) is 11.7. The van der Waals surface area contributed by atoms with Crippen molar-refractivity contribution in [1.29, 1.82) is 0 Å². The second-order valence-corrected chi connectivity index (χ2v) is 4.70. The van der Waals surface area contributed by atoms with Crippen molar-refractivity contribution in [3.05, 3.63) is 93.6 Å². The van der Waals surface area contributed by atoms with Crippen LogP contribution in [0.3, 0.4) is 0 Å². The maximum Gasteiger partial charge on any atom is 0.336 e. The van der Waals surface area contributed by atoms with Gasteiger partial charge >= 0.3 is 5.63 Å². The van der Waals surface area contributed by atoms with Crippen LogP contribution in [-0.4, -0.2) is 4.98 Å². The van der Waals surface area contributed by atoms with Crippen LogP contribution in [0.1, 0.15) is 0 Å². The quantitative estimate of drug-likeness (QED) is 0.505. The molecule has 0 saturated carbocycles. The average molecular weight is 291 g/mol. The van der Waals surface area contributed by atoms with Crippen molar-refractivity contribution in [1.82, 2.24) is 4.98 Å². The summed E-state index contributed by atoms with van der Waals surface area (Å²) in [5.41, 5.74) is 1.17. The number of rotatable bonds is 0. The van der Waals surface area contributed by atoms with Crippen molar-refractivity contribution in [2.45, 2.75) is 0 Å². The maximum absolute atomic E-state index is 10.8. The Labute approximate surface area is 125 Å². The smallest absolute Gasteiger partial charge is 0.336 e. The summed E-state index contributed by atoms with van der Waals surface area (Å²) in [4.78, 5) is 24.3. The standard InChI is InChI=1S/C9H7NO.C9H6O2/c11-9-6-5-7-3-1-2-4-8(7)10-9;10-9-6-5-7-3-1-2-4-8(7)11-9/h1-6H,(H,10,11);1-6H. The molecule has 2 aromatic carbocycles. The number of nitrogens with one attached hydrogen (secondary N) is 1. The van der Waals surface area contributed by atoms with Crippen LogP contribution in [-0.2, 0) is 0 Å². The normalized spacial score (nSPS) is 10.2. The number of aromatic amines is 1. The third-order valence-corrected chi connectivity index (χ3v) is 3.16. The summed E-state index contributed by atoms with van der Waals surface area (Å²) in [5.74, 6) is 0. The molecule has 0 bridgehead atoms. The summed E-state index contributed by atoms with van der Waals surface area (Å²) in [6.45, 7) is 0. The minimum Gasteiger partial charge on any atom is -0.423 e. The second-order valence-electron chi connectivity index (χ2n) is 4.70. The number of H-pyrrole nitrogens is 1. The number of aromatic nitrogens is 1. The van der Waals surface area contributed by atoms with E-state index in [1.54, 1.807) is 12.1 Å². The van der Waals surface area contributed by atoms with Gasteiger partial charge in [0.05, 0.1) is 0 Å². The van der Waals surface area contributed by atoms with Gasteiger partial charge in [-0.25, -0.2) is 4.79 Å². The third-order valence-electron chi connectivity index (χ3n) is 3.16. The lowest BCUT2D eigenvalue weighted by Gasteiger charge is -1.93. The van der Waals surface area contributed by atoms with Crippen molar-refractivity contribution < 1.29 is 4.42 Å². The van der Waals surface area contributed by atoms with Crippen molar-refractivity contribution in [3.8, 4) is 0 Å². The van der Waals surface area contributed by atoms with Crippen LogP contribution in [0.5, 0.6) is 0 Å². The molecule has 0 atom stereocenters. The predicted octanol–water partition coefficient (Wildman–Crippen LogP) is 3.32. The summed E-state index contributed by atoms with van der Waals surface area (Å²) in [5, 5.41) is 2.01. The first-order valence-corrected chi connectivity index (χ1v) is 6.79. The Balaban J connectivity index is 0.000000131. The number of para-hydroxylation sites is 2. The molecule has 0 aliphatic rings. The van der Waals surface area contributed by atoms with Gasteiger partial charge in [-0.05, 0) is 29.7 Å². The molecule has 0 spiro atoms. The molecular weight excluding hydrogens is 278 g/mol. The first kappa shape index (κ1) is 13.8. The largest absolute Gasteiger partial charge is 0.423 e. The van der Waals surface area contributed by atoms with Gasteiger partial charge in [0, 0.05) is 23.0 Å². The molecular formula is C18H13NO3. The molecule has 0 unspecified atom stereocenters. The Morgan fingerprint density at radius 3 is 2.23 bits per heavy atom. The average Bonchev–Trinajstić information content (AvgIpc) is 2.55. The topological polar surface area (TPSA) is 63.1 Å². The van der Waals surface area contributed by atoms with Gasteiger partial charge in [0.1, 0.15) is 5.58 Å². The highest BCUT2D eigenvalue weighted by Gasteiger charge is 1.92. The van der Waals surface area contributed by atoms with Crippen LogP contribution in [0, 0.1) is 0 Å². The summed E-state index contributed by atoms with van der Waals surface area (Å²) in [6, 6.07) is 21.6. The van der Waals surface area contributed by atoms with Gasteiger partial charge in [0.15, 0.2) is 0 Å². The van der Waals surface area contributed by atoms with E-state index in [4.69, 9.17) is 4.42 Å². The number of pyridine rings is 1. The molecule has 2 aromatic heterocycles. The van der Waals surface area contributed by atoms with Crippen molar-refractivity contribution in [2.75, 3.05) is 0 Å². The maximum atomic E-state index is 10.8. The van der Waals surface area contributed by atoms with Gasteiger partial charge < -0.3 is 9.40 Å². The fourth-order valence-electron chi connectivity index (χ4n) is 2.11. The number of fused-ring (bicyclic) bond motifs is 2. The number of hydrogen-bond donors (Lipinski definition) is 1. The van der Waals surface area contributed by atoms with Crippen LogP contribution in [0.25, 0.3) is 21.9 Å². The highest BCUT2D eigenvalue weighted by atomic mass is 16.4. The lowest BCUT2D eigenvalue weighted by Crippen LogP contribution is -2.01. The van der Waals surface area contributed by atoms with Gasteiger partial charge in [-0.2, -0.15) is 0 Å². The molecule has 0 radical (unpaired) electrons. The molecule has 0 aliphatic carbocycles. The highest BCUT2D eigenvalue weighted by molar-refractivity contribution is 5.77. The molecule has 0 aliphatic heterocycles. The molecule has 4 heteroatoms. The molecule has 4 rings (SSSR count). The molecule has 4 aromatic rings. The van der Waals surface area contributed by atoms with Crippen LogP contribution < -0.4 is 11.2 Å². The Morgan fingerprint density at radius 1 is 0.682 bits per heavy atom. The van der Waals surface area contributed by atoms with E-state index in [2.05, 4.69) is 4.98 Å². The molecule has 1 N–H and O–H groups in total. The van der Waals surface area contributed by atoms with E-state index in [0.29, 0.717) is 5.58 Å². The molecule has 4 nitrogen and oxygen atoms in total. The zero-order chi connectivity index (χ0) is 15.4. The lowest BCUT2D eigenvalue weighted by molar-refractivity contribution is 0.561. The van der Waals surface area contributed by atoms with Crippen LogP contribution >= 0.6 is 0 Å². The monoisotopic (exact) mass is 291 g/mol. The van der Waals surface area contributed by atoms with Gasteiger partial charge in [-0.1, -0.05) is 36.4 Å². The minimum absolute atomic E-state index is 0.0521. The van der Waals surface area contributed by atoms with Crippen LogP contribution in [0.4, 0.5) is 0 Å². The van der Waals surface area contributed by atoms with E-state index in [0.717, 1.165) is 16.3 Å². The number of hydrogen-bond acceptors (Lipinski definition) is 3. The lowest BCUT2D eigenvalue weighted by atomic mass is 10.2. The summed E-state index contributed by atoms with van der Waals surface area (Å²) in [6.07, 6.45) is 0. The molecule has 108 valence electrons. The Kier molecular flexibility index (Phi) is 3.83. The van der Waals surface area contributed by atoms with E-state index in [1.807, 2.05) is 48.5 Å². The van der Waals surface area contributed by atoms with Crippen molar-refractivity contribution in [2.24, 2.45) is 0 Å². The summed E-state index contributed by atoms with van der Waals surface area (Å²) in [7, 11) is 0. The summed E-state index contributed by atoms with van der Waals surface area (Å²) < 4.78 is 4.91. The first-order chi connectivity index (χ1) is 10.7. The van der Waals surface area contributed by atoms with E-state index >= 15 is 0 Å². The van der Waals surface area contributed by atoms with Crippen LogP contribution in [0.15, 0.2) is 86.8 Å². The molecule has 0 fully saturated rings. The fraction of sp³-hybridized carbons (Fsp3) is 0. The first-order valence-electron chi connectivity index (χ1n) is 6.79. The molecule has 22 heavy (non-hydrogen) atoms. The van der Waals surface area contributed by atoms with Gasteiger partial charge in [0.25, 0.3) is 0 Å². The van der Waals surface area contributed by atoms with Gasteiger partial charge in [-0.15, -0.1) is 0 Å². The van der Waals surface area contributed by atoms with Crippen molar-refractivity contribution >= 4 is 21.9 Å². The summed E-state index contributed by atoms with van der Waals surface area (Å²) >= 11 is 0.